The van der Waals surface area contributed by atoms with Crippen LogP contribution < -0.4 is 10.2 Å². The standard InChI is InChI=1S/C15H18N2S/c1-2-9-17(8-1)14-6-3-5-13(11-14)16-12-15-7-4-10-18-15/h3-7,10-11,16H,1-2,8-9,12H2. The molecule has 2 aromatic rings. The van der Waals surface area contributed by atoms with Crippen molar-refractivity contribution < 1.29 is 0 Å². The maximum atomic E-state index is 3.49. The van der Waals surface area contributed by atoms with E-state index in [9.17, 15) is 0 Å². The fraction of sp³-hybridized carbons (Fsp3) is 0.333. The molecule has 1 aromatic carbocycles. The Balaban J connectivity index is 1.66. The third kappa shape index (κ3) is 2.67. The quantitative estimate of drug-likeness (QED) is 0.893. The van der Waals surface area contributed by atoms with Crippen molar-refractivity contribution in [1.29, 1.82) is 0 Å². The maximum Gasteiger partial charge on any atom is 0.0494 e. The molecule has 0 atom stereocenters. The van der Waals surface area contributed by atoms with E-state index in [1.165, 1.54) is 42.2 Å². The highest BCUT2D eigenvalue weighted by Gasteiger charge is 2.12. The van der Waals surface area contributed by atoms with E-state index in [0.717, 1.165) is 6.54 Å². The fourth-order valence-electron chi connectivity index (χ4n) is 2.39. The Hall–Kier alpha value is -1.48. The van der Waals surface area contributed by atoms with E-state index in [2.05, 4.69) is 52.0 Å². The van der Waals surface area contributed by atoms with E-state index < -0.39 is 0 Å². The molecule has 1 N–H and O–H groups in total. The van der Waals surface area contributed by atoms with Gasteiger partial charge in [0.1, 0.15) is 0 Å². The lowest BCUT2D eigenvalue weighted by molar-refractivity contribution is 0.949. The number of nitrogens with one attached hydrogen (secondary N) is 1. The monoisotopic (exact) mass is 258 g/mol. The molecule has 18 heavy (non-hydrogen) atoms. The summed E-state index contributed by atoms with van der Waals surface area (Å²) in [6, 6.07) is 13.0. The molecule has 0 aliphatic carbocycles. The first kappa shape index (κ1) is 11.6. The van der Waals surface area contributed by atoms with Gasteiger partial charge in [-0.05, 0) is 42.5 Å². The molecule has 0 spiro atoms. The highest BCUT2D eigenvalue weighted by atomic mass is 32.1. The summed E-state index contributed by atoms with van der Waals surface area (Å²) in [4.78, 5) is 3.85. The van der Waals surface area contributed by atoms with Gasteiger partial charge in [0.15, 0.2) is 0 Å². The second-order valence-corrected chi connectivity index (χ2v) is 5.71. The molecule has 1 fully saturated rings. The molecule has 0 unspecified atom stereocenters. The van der Waals surface area contributed by atoms with E-state index in [0.29, 0.717) is 0 Å². The smallest absolute Gasteiger partial charge is 0.0494 e. The summed E-state index contributed by atoms with van der Waals surface area (Å²) in [6.07, 6.45) is 2.65. The number of benzene rings is 1. The first-order valence-electron chi connectivity index (χ1n) is 6.53. The van der Waals surface area contributed by atoms with Crippen LogP contribution in [-0.2, 0) is 6.54 Å². The van der Waals surface area contributed by atoms with Crippen molar-refractivity contribution >= 4 is 22.7 Å². The van der Waals surface area contributed by atoms with E-state index in [1.807, 2.05) is 0 Å². The van der Waals surface area contributed by atoms with E-state index in [-0.39, 0.29) is 0 Å². The van der Waals surface area contributed by atoms with Gasteiger partial charge in [-0.2, -0.15) is 0 Å². The number of rotatable bonds is 4. The minimum atomic E-state index is 0.918. The van der Waals surface area contributed by atoms with Crippen LogP contribution in [0.1, 0.15) is 17.7 Å². The van der Waals surface area contributed by atoms with Crippen LogP contribution in [0.3, 0.4) is 0 Å². The van der Waals surface area contributed by atoms with Gasteiger partial charge in [-0.3, -0.25) is 0 Å². The highest BCUT2D eigenvalue weighted by Crippen LogP contribution is 2.23. The number of hydrogen-bond donors (Lipinski definition) is 1. The third-order valence-corrected chi connectivity index (χ3v) is 4.24. The zero-order valence-corrected chi connectivity index (χ0v) is 11.2. The van der Waals surface area contributed by atoms with Crippen LogP contribution >= 0.6 is 11.3 Å². The Morgan fingerprint density at radius 1 is 1.11 bits per heavy atom. The zero-order chi connectivity index (χ0) is 12.2. The Morgan fingerprint density at radius 3 is 2.78 bits per heavy atom. The van der Waals surface area contributed by atoms with Crippen LogP contribution in [0.5, 0.6) is 0 Å². The summed E-state index contributed by atoms with van der Waals surface area (Å²) in [5.74, 6) is 0. The highest BCUT2D eigenvalue weighted by molar-refractivity contribution is 7.09. The molecule has 1 saturated heterocycles. The number of thiophene rings is 1. The lowest BCUT2D eigenvalue weighted by Crippen LogP contribution is -2.17. The molecule has 2 nitrogen and oxygen atoms in total. The molecule has 1 aromatic heterocycles. The Morgan fingerprint density at radius 2 is 2.00 bits per heavy atom. The molecule has 0 amide bonds. The van der Waals surface area contributed by atoms with Crippen LogP contribution in [0.4, 0.5) is 11.4 Å². The van der Waals surface area contributed by atoms with Crippen LogP contribution in [0, 0.1) is 0 Å². The van der Waals surface area contributed by atoms with Crippen molar-refractivity contribution in [3.63, 3.8) is 0 Å². The molecule has 3 heteroatoms. The molecular formula is C15H18N2S. The first-order chi connectivity index (χ1) is 8.92. The molecule has 2 heterocycles. The molecule has 1 aliphatic rings. The van der Waals surface area contributed by atoms with Crippen molar-refractivity contribution in [3.8, 4) is 0 Å². The van der Waals surface area contributed by atoms with Crippen LogP contribution in [-0.4, -0.2) is 13.1 Å². The van der Waals surface area contributed by atoms with Gasteiger partial charge in [0.2, 0.25) is 0 Å². The van der Waals surface area contributed by atoms with Gasteiger partial charge in [-0.1, -0.05) is 12.1 Å². The van der Waals surface area contributed by atoms with E-state index in [1.54, 1.807) is 11.3 Å². The summed E-state index contributed by atoms with van der Waals surface area (Å²) >= 11 is 1.80. The van der Waals surface area contributed by atoms with Gasteiger partial charge in [0.25, 0.3) is 0 Å². The number of nitrogens with zero attached hydrogens (tertiary/aromatic N) is 1. The topological polar surface area (TPSA) is 15.3 Å². The molecule has 1 aliphatic heterocycles. The Bertz CT molecular complexity index is 487. The molecule has 3 rings (SSSR count). The fourth-order valence-corrected chi connectivity index (χ4v) is 3.03. The van der Waals surface area contributed by atoms with Crippen molar-refractivity contribution in [2.24, 2.45) is 0 Å². The van der Waals surface area contributed by atoms with Crippen molar-refractivity contribution in [1.82, 2.24) is 0 Å². The van der Waals surface area contributed by atoms with Gasteiger partial charge in [0, 0.05) is 35.9 Å². The number of hydrogen-bond acceptors (Lipinski definition) is 3. The lowest BCUT2D eigenvalue weighted by Gasteiger charge is -2.18. The SMILES string of the molecule is c1cc(NCc2cccs2)cc(N2CCCC2)c1. The summed E-state index contributed by atoms with van der Waals surface area (Å²) in [6.45, 7) is 3.32. The Kier molecular flexibility index (Phi) is 3.51. The van der Waals surface area contributed by atoms with E-state index in [4.69, 9.17) is 0 Å². The predicted molar refractivity (Wildman–Crippen MR) is 79.5 cm³/mol. The molecular weight excluding hydrogens is 240 g/mol. The maximum absolute atomic E-state index is 3.49. The van der Waals surface area contributed by atoms with Gasteiger partial charge < -0.3 is 10.2 Å². The molecule has 0 saturated carbocycles. The van der Waals surface area contributed by atoms with Gasteiger partial charge in [-0.15, -0.1) is 11.3 Å². The van der Waals surface area contributed by atoms with Gasteiger partial charge >= 0.3 is 0 Å². The Labute approximate surface area is 112 Å². The molecule has 0 bridgehead atoms. The summed E-state index contributed by atoms with van der Waals surface area (Å²) in [7, 11) is 0. The molecule has 0 radical (unpaired) electrons. The van der Waals surface area contributed by atoms with Crippen molar-refractivity contribution in [3.05, 3.63) is 46.7 Å². The molecule has 94 valence electrons. The lowest BCUT2D eigenvalue weighted by atomic mass is 10.2. The largest absolute Gasteiger partial charge is 0.380 e. The van der Waals surface area contributed by atoms with Crippen molar-refractivity contribution in [2.45, 2.75) is 19.4 Å². The van der Waals surface area contributed by atoms with Crippen molar-refractivity contribution in [2.75, 3.05) is 23.3 Å². The predicted octanol–water partition coefficient (Wildman–Crippen LogP) is 3.96. The summed E-state index contributed by atoms with van der Waals surface area (Å²) in [5.41, 5.74) is 2.57. The minimum Gasteiger partial charge on any atom is -0.380 e. The van der Waals surface area contributed by atoms with Crippen LogP contribution in [0.15, 0.2) is 41.8 Å². The third-order valence-electron chi connectivity index (χ3n) is 3.36. The second-order valence-electron chi connectivity index (χ2n) is 4.68. The normalized spacial score (nSPS) is 15.0. The summed E-state index contributed by atoms with van der Waals surface area (Å²) < 4.78 is 0. The minimum absolute atomic E-state index is 0.918. The average molecular weight is 258 g/mol. The zero-order valence-electron chi connectivity index (χ0n) is 10.4. The van der Waals surface area contributed by atoms with Crippen LogP contribution in [0.2, 0.25) is 0 Å². The summed E-state index contributed by atoms with van der Waals surface area (Å²) in [5, 5.41) is 5.62. The van der Waals surface area contributed by atoms with Gasteiger partial charge in [-0.25, -0.2) is 0 Å². The van der Waals surface area contributed by atoms with Crippen LogP contribution in [0.25, 0.3) is 0 Å². The first-order valence-corrected chi connectivity index (χ1v) is 7.41. The average Bonchev–Trinajstić information content (AvgIpc) is 3.10. The second kappa shape index (κ2) is 5.44. The van der Waals surface area contributed by atoms with E-state index >= 15 is 0 Å². The number of anilines is 2. The van der Waals surface area contributed by atoms with Gasteiger partial charge in [0.05, 0.1) is 0 Å².